The summed E-state index contributed by atoms with van der Waals surface area (Å²) in [4.78, 5) is 4.04. The molecule has 1 aromatic heterocycles. The van der Waals surface area contributed by atoms with Crippen molar-refractivity contribution < 1.29 is 35.4 Å². The van der Waals surface area contributed by atoms with Gasteiger partial charge in [0.1, 0.15) is 12.4 Å². The van der Waals surface area contributed by atoms with E-state index in [0.717, 1.165) is 12.1 Å². The number of ether oxygens (including phenoxy) is 2. The van der Waals surface area contributed by atoms with Gasteiger partial charge < -0.3 is 19.8 Å². The lowest BCUT2D eigenvalue weighted by Gasteiger charge is -2.12. The van der Waals surface area contributed by atoms with Crippen LogP contribution in [0, 0.1) is 5.41 Å². The van der Waals surface area contributed by atoms with Crippen molar-refractivity contribution in [3.8, 4) is 11.5 Å². The van der Waals surface area contributed by atoms with E-state index in [1.54, 1.807) is 37.8 Å². The minimum absolute atomic E-state index is 0.00155. The lowest BCUT2D eigenvalue weighted by atomic mass is 10.1. The number of aromatic nitrogens is 2. The number of nitrogens with zero attached hydrogens (tertiary/aromatic N) is 2. The van der Waals surface area contributed by atoms with Crippen LogP contribution < -0.4 is 15.2 Å². The summed E-state index contributed by atoms with van der Waals surface area (Å²) in [5, 5.41) is 7.48. The lowest BCUT2D eigenvalue weighted by Crippen LogP contribution is -2.11. The fraction of sp³-hybridized carbons (Fsp3) is 0.238. The van der Waals surface area contributed by atoms with Crippen molar-refractivity contribution in [1.29, 1.82) is 5.41 Å². The van der Waals surface area contributed by atoms with Crippen LogP contribution >= 0.6 is 0 Å². The number of rotatable bonds is 7. The van der Waals surface area contributed by atoms with Crippen LogP contribution in [0.1, 0.15) is 16.7 Å². The van der Waals surface area contributed by atoms with Crippen molar-refractivity contribution in [3.05, 3.63) is 77.9 Å². The van der Waals surface area contributed by atoms with Gasteiger partial charge in [0, 0.05) is 24.5 Å². The van der Waals surface area contributed by atoms with Crippen molar-refractivity contribution in [2.75, 3.05) is 19.6 Å². The third kappa shape index (κ3) is 14.4. The summed E-state index contributed by atoms with van der Waals surface area (Å²) in [7, 11) is -5.77. The third-order valence-electron chi connectivity index (χ3n) is 3.82. The highest BCUT2D eigenvalue weighted by Gasteiger charge is 2.08. The Morgan fingerprint density at radius 2 is 1.54 bits per heavy atom. The SMILES string of the molecule is COc1cc(C(=N)N)ccc1OCc1ccc(Cn2ccnc2)cc1.CS(=O)(=O)O.CS(=O)(=O)O. The van der Waals surface area contributed by atoms with Gasteiger partial charge in [-0.05, 0) is 29.3 Å². The fourth-order valence-electron chi connectivity index (χ4n) is 2.45. The molecule has 0 aliphatic carbocycles. The molecule has 192 valence electrons. The predicted molar refractivity (Wildman–Crippen MR) is 131 cm³/mol. The zero-order valence-corrected chi connectivity index (χ0v) is 21.0. The van der Waals surface area contributed by atoms with Crippen molar-refractivity contribution in [2.24, 2.45) is 5.73 Å². The molecule has 14 heteroatoms. The Morgan fingerprint density at radius 3 is 2.00 bits per heavy atom. The average Bonchev–Trinajstić information content (AvgIpc) is 3.23. The molecule has 35 heavy (non-hydrogen) atoms. The summed E-state index contributed by atoms with van der Waals surface area (Å²) in [5.41, 5.74) is 8.36. The standard InChI is InChI=1S/C19H20N4O2.2CH4O3S/c1-24-18-10-16(19(20)21)6-7-17(18)25-12-15-4-2-14(3-5-15)11-23-9-8-22-13-23;2*1-5(2,3)4/h2-10,13H,11-12H2,1H3,(H3,20,21);2*1H3,(H,2,3,4). The van der Waals surface area contributed by atoms with Crippen LogP contribution in [0.4, 0.5) is 0 Å². The molecule has 5 N–H and O–H groups in total. The number of nitrogens with one attached hydrogen (secondary N) is 1. The minimum Gasteiger partial charge on any atom is -0.493 e. The summed E-state index contributed by atoms with van der Waals surface area (Å²) >= 11 is 0. The van der Waals surface area contributed by atoms with Gasteiger partial charge in [0.2, 0.25) is 0 Å². The molecule has 0 saturated carbocycles. The monoisotopic (exact) mass is 528 g/mol. The zero-order chi connectivity index (χ0) is 26.6. The van der Waals surface area contributed by atoms with E-state index in [4.69, 9.17) is 29.7 Å². The molecule has 0 radical (unpaired) electrons. The number of amidine groups is 1. The quantitative estimate of drug-likeness (QED) is 0.199. The summed E-state index contributed by atoms with van der Waals surface area (Å²) in [6, 6.07) is 13.5. The first kappa shape index (κ1) is 29.6. The molecule has 0 amide bonds. The van der Waals surface area contributed by atoms with E-state index in [0.29, 0.717) is 36.2 Å². The molecule has 0 unspecified atom stereocenters. The molecule has 12 nitrogen and oxygen atoms in total. The van der Waals surface area contributed by atoms with Crippen molar-refractivity contribution in [1.82, 2.24) is 9.55 Å². The Labute approximate surface area is 204 Å². The Bertz CT molecular complexity index is 1250. The van der Waals surface area contributed by atoms with Gasteiger partial charge in [0.25, 0.3) is 20.2 Å². The molecule has 0 fully saturated rings. The smallest absolute Gasteiger partial charge is 0.261 e. The second-order valence-electron chi connectivity index (χ2n) is 7.09. The van der Waals surface area contributed by atoms with Gasteiger partial charge >= 0.3 is 0 Å². The molecule has 0 spiro atoms. The van der Waals surface area contributed by atoms with Gasteiger partial charge in [0.15, 0.2) is 11.5 Å². The number of nitrogens with two attached hydrogens (primary N) is 1. The Kier molecular flexibility index (Phi) is 11.4. The van der Waals surface area contributed by atoms with Crippen molar-refractivity contribution in [3.63, 3.8) is 0 Å². The molecule has 0 saturated heterocycles. The van der Waals surface area contributed by atoms with Gasteiger partial charge in [-0.25, -0.2) is 4.98 Å². The molecule has 0 bridgehead atoms. The average molecular weight is 529 g/mol. The maximum absolute atomic E-state index is 9.19. The summed E-state index contributed by atoms with van der Waals surface area (Å²) < 4.78 is 64.9. The predicted octanol–water partition coefficient (Wildman–Crippen LogP) is 1.81. The molecule has 3 aromatic rings. The summed E-state index contributed by atoms with van der Waals surface area (Å²) in [5.74, 6) is 1.18. The van der Waals surface area contributed by atoms with E-state index in [9.17, 15) is 16.8 Å². The first-order valence-corrected chi connectivity index (χ1v) is 13.4. The molecular formula is C21H28N4O8S2. The number of hydrogen-bond donors (Lipinski definition) is 4. The summed E-state index contributed by atoms with van der Waals surface area (Å²) in [6.07, 6.45) is 6.94. The maximum Gasteiger partial charge on any atom is 0.261 e. The van der Waals surface area contributed by atoms with E-state index in [2.05, 4.69) is 17.1 Å². The number of methoxy groups -OCH3 is 1. The van der Waals surface area contributed by atoms with Crippen molar-refractivity contribution >= 4 is 26.1 Å². The maximum atomic E-state index is 9.19. The van der Waals surface area contributed by atoms with Gasteiger partial charge in [0.05, 0.1) is 25.9 Å². The van der Waals surface area contributed by atoms with Crippen LogP contribution in [0.5, 0.6) is 11.5 Å². The van der Waals surface area contributed by atoms with E-state index < -0.39 is 20.2 Å². The topological polar surface area (TPSA) is 195 Å². The summed E-state index contributed by atoms with van der Waals surface area (Å²) in [6.45, 7) is 1.22. The molecule has 1 heterocycles. The molecule has 3 rings (SSSR count). The number of benzene rings is 2. The van der Waals surface area contributed by atoms with Crippen molar-refractivity contribution in [2.45, 2.75) is 13.2 Å². The van der Waals surface area contributed by atoms with Gasteiger partial charge in [-0.1, -0.05) is 24.3 Å². The number of imidazole rings is 1. The highest BCUT2D eigenvalue weighted by atomic mass is 32.2. The van der Waals surface area contributed by atoms with Gasteiger partial charge in [-0.2, -0.15) is 16.8 Å². The first-order chi connectivity index (χ1) is 16.2. The number of nitrogen functional groups attached to an aromatic ring is 1. The lowest BCUT2D eigenvalue weighted by molar-refractivity contribution is 0.284. The van der Waals surface area contributed by atoms with Gasteiger partial charge in [-0.15, -0.1) is 0 Å². The second kappa shape index (κ2) is 13.4. The highest BCUT2D eigenvalue weighted by Crippen LogP contribution is 2.28. The normalized spacial score (nSPS) is 10.8. The van der Waals surface area contributed by atoms with E-state index in [-0.39, 0.29) is 5.84 Å². The fourth-order valence-corrected chi connectivity index (χ4v) is 2.45. The molecule has 2 aromatic carbocycles. The molecule has 0 aliphatic heterocycles. The molecule has 0 aliphatic rings. The van der Waals surface area contributed by atoms with Crippen LogP contribution in [-0.4, -0.2) is 60.9 Å². The van der Waals surface area contributed by atoms with Crippen LogP contribution in [0.25, 0.3) is 0 Å². The Balaban J connectivity index is 0.000000519. The van der Waals surface area contributed by atoms with Crippen LogP contribution in [0.2, 0.25) is 0 Å². The minimum atomic E-state index is -3.67. The largest absolute Gasteiger partial charge is 0.493 e. The molecular weight excluding hydrogens is 500 g/mol. The first-order valence-electron chi connectivity index (χ1n) is 9.69. The van der Waals surface area contributed by atoms with Crippen LogP contribution in [0.15, 0.2) is 61.2 Å². The third-order valence-corrected chi connectivity index (χ3v) is 3.82. The zero-order valence-electron chi connectivity index (χ0n) is 19.3. The van der Waals surface area contributed by atoms with E-state index in [1.807, 2.05) is 22.9 Å². The van der Waals surface area contributed by atoms with Crippen LogP contribution in [0.3, 0.4) is 0 Å². The highest BCUT2D eigenvalue weighted by molar-refractivity contribution is 7.85. The van der Waals surface area contributed by atoms with Gasteiger partial charge in [-0.3, -0.25) is 14.5 Å². The molecule has 0 atom stereocenters. The van der Waals surface area contributed by atoms with E-state index in [1.165, 1.54) is 5.56 Å². The number of hydrogen-bond acceptors (Lipinski definition) is 8. The Morgan fingerprint density at radius 1 is 1.00 bits per heavy atom. The van der Waals surface area contributed by atoms with E-state index >= 15 is 0 Å². The van der Waals surface area contributed by atoms with Crippen LogP contribution in [-0.2, 0) is 33.4 Å². The Hall–Kier alpha value is -3.46. The second-order valence-corrected chi connectivity index (χ2v) is 10.0.